The van der Waals surface area contributed by atoms with Crippen molar-refractivity contribution >= 4 is 0 Å². The average molecular weight is 234 g/mol. The molecule has 0 fully saturated rings. The highest BCUT2D eigenvalue weighted by atomic mass is 16.3. The zero-order chi connectivity index (χ0) is 13.1. The molecule has 1 heteroatoms. The van der Waals surface area contributed by atoms with Crippen molar-refractivity contribution in [3.63, 3.8) is 0 Å². The SMILES string of the molecule is CCCCCC(C)(C)c1cc(C)cc(C)c1O. The first-order valence-electron chi connectivity index (χ1n) is 6.69. The van der Waals surface area contributed by atoms with Crippen molar-refractivity contribution in [2.75, 3.05) is 0 Å². The highest BCUT2D eigenvalue weighted by Gasteiger charge is 2.24. The van der Waals surface area contributed by atoms with Crippen molar-refractivity contribution in [2.45, 2.75) is 65.7 Å². The van der Waals surface area contributed by atoms with E-state index in [4.69, 9.17) is 0 Å². The average Bonchev–Trinajstić information content (AvgIpc) is 2.23. The van der Waals surface area contributed by atoms with Gasteiger partial charge in [0.1, 0.15) is 5.75 Å². The number of rotatable bonds is 5. The van der Waals surface area contributed by atoms with Crippen LogP contribution in [-0.2, 0) is 5.41 Å². The second kappa shape index (κ2) is 5.57. The standard InChI is InChI=1S/C16H26O/c1-6-7-8-9-16(4,5)14-11-12(2)10-13(3)15(14)17/h10-11,17H,6-9H2,1-5H3. The largest absolute Gasteiger partial charge is 0.507 e. The lowest BCUT2D eigenvalue weighted by atomic mass is 9.78. The molecule has 0 heterocycles. The molecule has 0 aliphatic carbocycles. The molecule has 96 valence electrons. The Labute approximate surface area is 106 Å². The zero-order valence-corrected chi connectivity index (χ0v) is 11.9. The lowest BCUT2D eigenvalue weighted by molar-refractivity contribution is 0.405. The summed E-state index contributed by atoms with van der Waals surface area (Å²) in [6, 6.07) is 4.18. The van der Waals surface area contributed by atoms with Crippen LogP contribution in [-0.4, -0.2) is 5.11 Å². The van der Waals surface area contributed by atoms with Gasteiger partial charge in [-0.25, -0.2) is 0 Å². The molecule has 0 saturated carbocycles. The lowest BCUT2D eigenvalue weighted by Gasteiger charge is -2.27. The van der Waals surface area contributed by atoms with Crippen LogP contribution in [0.2, 0.25) is 0 Å². The Morgan fingerprint density at radius 2 is 1.76 bits per heavy atom. The second-order valence-corrected chi connectivity index (χ2v) is 5.82. The van der Waals surface area contributed by atoms with Gasteiger partial charge in [-0.05, 0) is 31.2 Å². The van der Waals surface area contributed by atoms with Gasteiger partial charge in [0.2, 0.25) is 0 Å². The Morgan fingerprint density at radius 3 is 2.35 bits per heavy atom. The van der Waals surface area contributed by atoms with Gasteiger partial charge in [0.25, 0.3) is 0 Å². The van der Waals surface area contributed by atoms with Crippen LogP contribution in [0.15, 0.2) is 12.1 Å². The Balaban J connectivity index is 2.97. The molecule has 1 rings (SSSR count). The van der Waals surface area contributed by atoms with Crippen LogP contribution < -0.4 is 0 Å². The molecule has 0 radical (unpaired) electrons. The monoisotopic (exact) mass is 234 g/mol. The first-order valence-corrected chi connectivity index (χ1v) is 6.69. The van der Waals surface area contributed by atoms with Crippen LogP contribution in [0.25, 0.3) is 0 Å². The maximum atomic E-state index is 10.2. The maximum Gasteiger partial charge on any atom is 0.122 e. The molecular formula is C16H26O. The second-order valence-electron chi connectivity index (χ2n) is 5.82. The minimum absolute atomic E-state index is 0.0655. The molecule has 0 aliphatic rings. The third kappa shape index (κ3) is 3.49. The van der Waals surface area contributed by atoms with Crippen LogP contribution in [0.4, 0.5) is 0 Å². The molecule has 0 bridgehead atoms. The summed E-state index contributed by atoms with van der Waals surface area (Å²) in [5.74, 6) is 0.483. The van der Waals surface area contributed by atoms with Crippen molar-refractivity contribution in [3.05, 3.63) is 28.8 Å². The van der Waals surface area contributed by atoms with Gasteiger partial charge in [0.05, 0.1) is 0 Å². The van der Waals surface area contributed by atoms with E-state index in [0.717, 1.165) is 17.5 Å². The van der Waals surface area contributed by atoms with E-state index in [2.05, 4.69) is 33.8 Å². The van der Waals surface area contributed by atoms with Gasteiger partial charge in [0.15, 0.2) is 0 Å². The van der Waals surface area contributed by atoms with E-state index in [-0.39, 0.29) is 5.41 Å². The third-order valence-corrected chi connectivity index (χ3v) is 3.58. The number of aromatic hydroxyl groups is 1. The number of phenolic OH excluding ortho intramolecular Hbond substituents is 1. The van der Waals surface area contributed by atoms with Crippen LogP contribution in [0.3, 0.4) is 0 Å². The molecule has 17 heavy (non-hydrogen) atoms. The molecule has 1 aromatic rings. The molecule has 0 saturated heterocycles. The molecule has 0 atom stereocenters. The van der Waals surface area contributed by atoms with Crippen molar-refractivity contribution in [3.8, 4) is 5.75 Å². The molecular weight excluding hydrogens is 208 g/mol. The van der Waals surface area contributed by atoms with Crippen molar-refractivity contribution < 1.29 is 5.11 Å². The van der Waals surface area contributed by atoms with Crippen LogP contribution in [0, 0.1) is 13.8 Å². The fourth-order valence-corrected chi connectivity index (χ4v) is 2.43. The molecule has 1 N–H and O–H groups in total. The predicted octanol–water partition coefficient (Wildman–Crippen LogP) is 4.87. The predicted molar refractivity (Wildman–Crippen MR) is 74.7 cm³/mol. The minimum atomic E-state index is 0.0655. The number of benzene rings is 1. The molecule has 1 nitrogen and oxygen atoms in total. The van der Waals surface area contributed by atoms with E-state index in [0.29, 0.717) is 5.75 Å². The molecule has 0 aliphatic heterocycles. The van der Waals surface area contributed by atoms with Crippen LogP contribution >= 0.6 is 0 Å². The number of unbranched alkanes of at least 4 members (excludes halogenated alkanes) is 2. The minimum Gasteiger partial charge on any atom is -0.507 e. The summed E-state index contributed by atoms with van der Waals surface area (Å²) in [5.41, 5.74) is 3.39. The fraction of sp³-hybridized carbons (Fsp3) is 0.625. The van der Waals surface area contributed by atoms with Crippen LogP contribution in [0.1, 0.15) is 63.1 Å². The Morgan fingerprint density at radius 1 is 1.12 bits per heavy atom. The summed E-state index contributed by atoms with van der Waals surface area (Å²) in [6.45, 7) is 10.8. The third-order valence-electron chi connectivity index (χ3n) is 3.58. The Hall–Kier alpha value is -0.980. The van der Waals surface area contributed by atoms with Crippen molar-refractivity contribution in [2.24, 2.45) is 0 Å². The Bertz CT molecular complexity index is 377. The number of aryl methyl sites for hydroxylation is 2. The first-order chi connectivity index (χ1) is 7.88. The molecule has 0 spiro atoms. The van der Waals surface area contributed by atoms with E-state index < -0.39 is 0 Å². The van der Waals surface area contributed by atoms with E-state index in [9.17, 15) is 5.11 Å². The van der Waals surface area contributed by atoms with Crippen molar-refractivity contribution in [1.82, 2.24) is 0 Å². The highest BCUT2D eigenvalue weighted by Crippen LogP contribution is 2.37. The van der Waals surface area contributed by atoms with Gasteiger partial charge < -0.3 is 5.11 Å². The first kappa shape index (κ1) is 14.1. The molecule has 0 unspecified atom stereocenters. The van der Waals surface area contributed by atoms with Gasteiger partial charge in [-0.3, -0.25) is 0 Å². The topological polar surface area (TPSA) is 20.2 Å². The van der Waals surface area contributed by atoms with Gasteiger partial charge in [-0.1, -0.05) is 57.7 Å². The number of phenols is 1. The van der Waals surface area contributed by atoms with Gasteiger partial charge in [-0.2, -0.15) is 0 Å². The fourth-order valence-electron chi connectivity index (χ4n) is 2.43. The van der Waals surface area contributed by atoms with E-state index in [1.54, 1.807) is 0 Å². The quantitative estimate of drug-likeness (QED) is 0.721. The van der Waals surface area contributed by atoms with E-state index in [1.165, 1.54) is 24.8 Å². The van der Waals surface area contributed by atoms with Crippen LogP contribution in [0.5, 0.6) is 5.75 Å². The van der Waals surface area contributed by atoms with Gasteiger partial charge >= 0.3 is 0 Å². The summed E-state index contributed by atoms with van der Waals surface area (Å²) in [6.07, 6.45) is 4.89. The smallest absolute Gasteiger partial charge is 0.122 e. The molecule has 0 amide bonds. The summed E-state index contributed by atoms with van der Waals surface area (Å²) >= 11 is 0. The maximum absolute atomic E-state index is 10.2. The lowest BCUT2D eigenvalue weighted by Crippen LogP contribution is -2.17. The van der Waals surface area contributed by atoms with Gasteiger partial charge in [-0.15, -0.1) is 0 Å². The summed E-state index contributed by atoms with van der Waals surface area (Å²) in [4.78, 5) is 0. The Kier molecular flexibility index (Phi) is 4.62. The number of hydrogen-bond donors (Lipinski definition) is 1. The number of hydrogen-bond acceptors (Lipinski definition) is 1. The van der Waals surface area contributed by atoms with E-state index in [1.807, 2.05) is 13.0 Å². The molecule has 0 aromatic heterocycles. The van der Waals surface area contributed by atoms with Gasteiger partial charge in [0, 0.05) is 5.56 Å². The van der Waals surface area contributed by atoms with E-state index >= 15 is 0 Å². The highest BCUT2D eigenvalue weighted by molar-refractivity contribution is 5.46. The summed E-state index contributed by atoms with van der Waals surface area (Å²) in [7, 11) is 0. The zero-order valence-electron chi connectivity index (χ0n) is 11.9. The summed E-state index contributed by atoms with van der Waals surface area (Å²) < 4.78 is 0. The van der Waals surface area contributed by atoms with Crippen molar-refractivity contribution in [1.29, 1.82) is 0 Å². The normalized spacial score (nSPS) is 11.8. The summed E-state index contributed by atoms with van der Waals surface area (Å²) in [5, 5.41) is 10.2. The molecule has 1 aromatic carbocycles.